The maximum absolute atomic E-state index is 12.6. The molecule has 0 radical (unpaired) electrons. The number of carbonyl (C=O) groups is 1. The molecule has 0 aliphatic rings. The number of amides is 1. The van der Waals surface area contributed by atoms with Crippen LogP contribution in [0.25, 0.3) is 5.69 Å². The topological polar surface area (TPSA) is 68.6 Å². The molecule has 0 unspecified atom stereocenters. The average Bonchev–Trinajstić information content (AvgIpc) is 2.92. The summed E-state index contributed by atoms with van der Waals surface area (Å²) in [5.41, 5.74) is 4.63. The number of ether oxygens (including phenoxy) is 2. The van der Waals surface area contributed by atoms with Gasteiger partial charge in [-0.05, 0) is 32.9 Å². The first-order chi connectivity index (χ1) is 13.0. The lowest BCUT2D eigenvalue weighted by Crippen LogP contribution is -2.37. The van der Waals surface area contributed by atoms with Crippen molar-refractivity contribution in [2.75, 3.05) is 52.4 Å². The van der Waals surface area contributed by atoms with Crippen molar-refractivity contribution in [3.8, 4) is 5.69 Å². The molecule has 0 spiro atoms. The van der Waals surface area contributed by atoms with Gasteiger partial charge in [0.05, 0.1) is 42.5 Å². The van der Waals surface area contributed by atoms with Crippen molar-refractivity contribution < 1.29 is 14.3 Å². The Balaban J connectivity index is 2.09. The first-order valence-corrected chi connectivity index (χ1v) is 9.09. The number of aromatic nitrogens is 2. The van der Waals surface area contributed by atoms with Gasteiger partial charge in [-0.2, -0.15) is 5.10 Å². The monoisotopic (exact) mass is 374 g/mol. The van der Waals surface area contributed by atoms with E-state index in [2.05, 4.69) is 17.3 Å². The van der Waals surface area contributed by atoms with E-state index >= 15 is 0 Å². The molecule has 1 amide bonds. The predicted octanol–water partition coefficient (Wildman–Crippen LogP) is 2.33. The number of benzene rings is 1. The second-order valence-corrected chi connectivity index (χ2v) is 6.60. The summed E-state index contributed by atoms with van der Waals surface area (Å²) in [6.45, 7) is 8.68. The summed E-state index contributed by atoms with van der Waals surface area (Å²) in [6.07, 6.45) is 0. The predicted molar refractivity (Wildman–Crippen MR) is 107 cm³/mol. The van der Waals surface area contributed by atoms with Crippen LogP contribution >= 0.6 is 0 Å². The summed E-state index contributed by atoms with van der Waals surface area (Å²) in [5.74, 6) is -0.0723. The van der Waals surface area contributed by atoms with Crippen molar-refractivity contribution in [1.82, 2.24) is 14.7 Å². The first-order valence-electron chi connectivity index (χ1n) is 9.09. The second kappa shape index (κ2) is 10.2. The fourth-order valence-electron chi connectivity index (χ4n) is 2.85. The summed E-state index contributed by atoms with van der Waals surface area (Å²) in [7, 11) is 3.31. The van der Waals surface area contributed by atoms with Crippen LogP contribution in [0, 0.1) is 20.8 Å². The number of methoxy groups -OCH3 is 2. The molecule has 7 heteroatoms. The molecule has 2 rings (SSSR count). The van der Waals surface area contributed by atoms with Crippen LogP contribution in [0.2, 0.25) is 0 Å². The number of nitrogens with one attached hydrogen (secondary N) is 1. The first kappa shape index (κ1) is 21.1. The van der Waals surface area contributed by atoms with Crippen LogP contribution in [-0.2, 0) is 14.3 Å². The molecule has 1 aromatic carbocycles. The van der Waals surface area contributed by atoms with Gasteiger partial charge in [-0.15, -0.1) is 0 Å². The fraction of sp³-hybridized carbons (Fsp3) is 0.500. The third kappa shape index (κ3) is 5.89. The quantitative estimate of drug-likeness (QED) is 0.691. The Morgan fingerprint density at radius 2 is 1.67 bits per heavy atom. The van der Waals surface area contributed by atoms with Crippen LogP contribution in [-0.4, -0.2) is 67.7 Å². The minimum Gasteiger partial charge on any atom is -0.383 e. The van der Waals surface area contributed by atoms with Crippen molar-refractivity contribution in [2.24, 2.45) is 0 Å². The van der Waals surface area contributed by atoms with Gasteiger partial charge in [0.2, 0.25) is 5.91 Å². The summed E-state index contributed by atoms with van der Waals surface area (Å²) >= 11 is 0. The molecule has 1 N–H and O–H groups in total. The maximum atomic E-state index is 12.6. The summed E-state index contributed by atoms with van der Waals surface area (Å²) in [5, 5.41) is 7.61. The lowest BCUT2D eigenvalue weighted by molar-refractivity contribution is -0.117. The minimum atomic E-state index is -0.0723. The maximum Gasteiger partial charge on any atom is 0.238 e. The Kier molecular flexibility index (Phi) is 7.97. The van der Waals surface area contributed by atoms with Gasteiger partial charge in [0.25, 0.3) is 0 Å². The highest BCUT2D eigenvalue weighted by atomic mass is 16.5. The van der Waals surface area contributed by atoms with Crippen molar-refractivity contribution >= 4 is 11.6 Å². The molecular weight excluding hydrogens is 344 g/mol. The fourth-order valence-corrected chi connectivity index (χ4v) is 2.85. The van der Waals surface area contributed by atoms with Crippen molar-refractivity contribution in [2.45, 2.75) is 20.8 Å². The van der Waals surface area contributed by atoms with Crippen molar-refractivity contribution in [3.63, 3.8) is 0 Å². The van der Waals surface area contributed by atoms with E-state index in [0.29, 0.717) is 26.3 Å². The molecule has 0 fully saturated rings. The van der Waals surface area contributed by atoms with E-state index in [1.165, 1.54) is 5.56 Å². The molecular formula is C20H30N4O3. The zero-order chi connectivity index (χ0) is 19.8. The van der Waals surface area contributed by atoms with Gasteiger partial charge >= 0.3 is 0 Å². The lowest BCUT2D eigenvalue weighted by Gasteiger charge is -2.21. The number of aryl methyl sites for hydroxylation is 2. The van der Waals surface area contributed by atoms with E-state index in [9.17, 15) is 4.79 Å². The molecule has 148 valence electrons. The molecule has 1 heterocycles. The molecule has 1 aromatic heterocycles. The molecule has 0 saturated carbocycles. The largest absolute Gasteiger partial charge is 0.383 e. The Hall–Kier alpha value is -2.22. The van der Waals surface area contributed by atoms with Gasteiger partial charge < -0.3 is 14.8 Å². The minimum absolute atomic E-state index is 0.0723. The lowest BCUT2D eigenvalue weighted by atomic mass is 10.2. The highest BCUT2D eigenvalue weighted by molar-refractivity contribution is 5.93. The van der Waals surface area contributed by atoms with Crippen LogP contribution in [0.1, 0.15) is 17.0 Å². The van der Waals surface area contributed by atoms with Crippen LogP contribution in [0.15, 0.2) is 24.3 Å². The molecule has 0 atom stereocenters. The van der Waals surface area contributed by atoms with Gasteiger partial charge in [-0.3, -0.25) is 9.69 Å². The van der Waals surface area contributed by atoms with Gasteiger partial charge in [0.15, 0.2) is 0 Å². The van der Waals surface area contributed by atoms with Crippen molar-refractivity contribution in [3.05, 3.63) is 41.2 Å². The number of anilines is 1. The smallest absolute Gasteiger partial charge is 0.238 e. The average molecular weight is 374 g/mol. The Labute approximate surface area is 161 Å². The normalized spacial score (nSPS) is 11.2. The zero-order valence-corrected chi connectivity index (χ0v) is 16.9. The molecule has 0 aliphatic heterocycles. The standard InChI is InChI=1S/C20H30N4O3/c1-15-6-8-18(9-7-15)24-17(3)20(16(2)22-24)21-19(25)14-23(10-12-26-4)11-13-27-5/h6-9H,10-14H2,1-5H3,(H,21,25). The van der Waals surface area contributed by atoms with Gasteiger partial charge in [-0.25, -0.2) is 4.68 Å². The number of carbonyl (C=O) groups excluding carboxylic acids is 1. The summed E-state index contributed by atoms with van der Waals surface area (Å²) in [6, 6.07) is 8.15. The molecule has 7 nitrogen and oxygen atoms in total. The van der Waals surface area contributed by atoms with Crippen LogP contribution in [0.5, 0.6) is 0 Å². The van der Waals surface area contributed by atoms with Gasteiger partial charge in [-0.1, -0.05) is 17.7 Å². The van der Waals surface area contributed by atoms with E-state index in [1.807, 2.05) is 47.7 Å². The molecule has 0 aliphatic carbocycles. The van der Waals surface area contributed by atoms with E-state index in [1.54, 1.807) is 14.2 Å². The van der Waals surface area contributed by atoms with Crippen LogP contribution in [0.3, 0.4) is 0 Å². The molecule has 2 aromatic rings. The second-order valence-electron chi connectivity index (χ2n) is 6.60. The Morgan fingerprint density at radius 3 is 2.22 bits per heavy atom. The van der Waals surface area contributed by atoms with E-state index in [0.717, 1.165) is 22.8 Å². The SMILES string of the molecule is COCCN(CCOC)CC(=O)Nc1c(C)nn(-c2ccc(C)cc2)c1C. The summed E-state index contributed by atoms with van der Waals surface area (Å²) < 4.78 is 12.1. The van der Waals surface area contributed by atoms with E-state index in [4.69, 9.17) is 9.47 Å². The molecule has 0 saturated heterocycles. The highest BCUT2D eigenvalue weighted by Crippen LogP contribution is 2.23. The Morgan fingerprint density at radius 1 is 1.07 bits per heavy atom. The number of hydrogen-bond donors (Lipinski definition) is 1. The summed E-state index contributed by atoms with van der Waals surface area (Å²) in [4.78, 5) is 14.6. The van der Waals surface area contributed by atoms with Crippen LogP contribution in [0.4, 0.5) is 5.69 Å². The van der Waals surface area contributed by atoms with E-state index < -0.39 is 0 Å². The van der Waals surface area contributed by atoms with Crippen molar-refractivity contribution in [1.29, 1.82) is 0 Å². The Bertz CT molecular complexity index is 732. The molecule has 27 heavy (non-hydrogen) atoms. The van der Waals surface area contributed by atoms with Crippen LogP contribution < -0.4 is 5.32 Å². The number of hydrogen-bond acceptors (Lipinski definition) is 5. The van der Waals surface area contributed by atoms with E-state index in [-0.39, 0.29) is 12.5 Å². The van der Waals surface area contributed by atoms with Gasteiger partial charge in [0, 0.05) is 27.3 Å². The third-order valence-electron chi connectivity index (χ3n) is 4.42. The number of nitrogens with zero attached hydrogens (tertiary/aromatic N) is 3. The number of rotatable bonds is 10. The third-order valence-corrected chi connectivity index (χ3v) is 4.42. The highest BCUT2D eigenvalue weighted by Gasteiger charge is 2.17. The van der Waals surface area contributed by atoms with Gasteiger partial charge in [0.1, 0.15) is 0 Å². The zero-order valence-electron chi connectivity index (χ0n) is 16.9. The molecule has 0 bridgehead atoms.